The van der Waals surface area contributed by atoms with Crippen LogP contribution in [0.4, 0.5) is 4.39 Å². The number of nitrogens with zero attached hydrogens (tertiary/aromatic N) is 1. The van der Waals surface area contributed by atoms with Crippen LogP contribution in [0.5, 0.6) is 0 Å². The van der Waals surface area contributed by atoms with Gasteiger partial charge in [0.25, 0.3) is 10.0 Å². The van der Waals surface area contributed by atoms with E-state index in [0.717, 1.165) is 10.6 Å². The van der Waals surface area contributed by atoms with Gasteiger partial charge in [0.1, 0.15) is 5.82 Å². The maximum absolute atomic E-state index is 14.8. The van der Waals surface area contributed by atoms with Gasteiger partial charge >= 0.3 is 0 Å². The number of halogens is 1. The van der Waals surface area contributed by atoms with Gasteiger partial charge in [0, 0.05) is 22.8 Å². The summed E-state index contributed by atoms with van der Waals surface area (Å²) in [6, 6.07) is 41.6. The highest BCUT2D eigenvalue weighted by atomic mass is 32.2. The molecule has 9 heteroatoms. The van der Waals surface area contributed by atoms with E-state index in [1.165, 1.54) is 16.1 Å². The Morgan fingerprint density at radius 3 is 1.81 bits per heavy atom. The highest BCUT2D eigenvalue weighted by molar-refractivity contribution is 7.90. The normalized spacial score (nSPS) is 13.6. The molecule has 0 bridgehead atoms. The highest BCUT2D eigenvalue weighted by Gasteiger charge is 2.34. The van der Waals surface area contributed by atoms with Crippen molar-refractivity contribution >= 4 is 50.4 Å². The molecule has 0 amide bonds. The molecule has 0 aliphatic rings. The summed E-state index contributed by atoms with van der Waals surface area (Å²) >= 11 is 0. The average molecular weight is 683 g/mol. The fourth-order valence-corrected chi connectivity index (χ4v) is 10.5. The molecule has 0 radical (unpaired) electrons. The van der Waals surface area contributed by atoms with Crippen molar-refractivity contribution in [2.24, 2.45) is 0 Å². The number of hydrogen-bond donors (Lipinski definition) is 1. The molecule has 240 valence electrons. The predicted molar refractivity (Wildman–Crippen MR) is 193 cm³/mol. The van der Waals surface area contributed by atoms with Crippen LogP contribution in [0.3, 0.4) is 0 Å². The molecule has 47 heavy (non-hydrogen) atoms. The van der Waals surface area contributed by atoms with Crippen LogP contribution in [0.2, 0.25) is 0 Å². The first-order chi connectivity index (χ1) is 22.6. The van der Waals surface area contributed by atoms with Crippen molar-refractivity contribution in [2.45, 2.75) is 42.6 Å². The lowest BCUT2D eigenvalue weighted by atomic mass is 9.97. The predicted octanol–water partition coefficient (Wildman–Crippen LogP) is 7.79. The van der Waals surface area contributed by atoms with E-state index in [1.54, 1.807) is 42.5 Å². The molecular weight excluding hydrogens is 647 g/mol. The van der Waals surface area contributed by atoms with E-state index >= 15 is 0 Å². The van der Waals surface area contributed by atoms with Crippen LogP contribution in [-0.2, 0) is 27.2 Å². The van der Waals surface area contributed by atoms with Crippen LogP contribution in [0.1, 0.15) is 43.6 Å². The summed E-state index contributed by atoms with van der Waals surface area (Å²) in [5, 5.41) is 2.90. The number of para-hydroxylation sites is 1. The molecule has 5 nitrogen and oxygen atoms in total. The zero-order valence-electron chi connectivity index (χ0n) is 26.4. The van der Waals surface area contributed by atoms with Gasteiger partial charge in [-0.3, -0.25) is 0 Å². The molecular formula is C38H36FN2O3PS2. The molecule has 0 fully saturated rings. The van der Waals surface area contributed by atoms with Gasteiger partial charge in [-0.1, -0.05) is 109 Å². The average Bonchev–Trinajstić information content (AvgIpc) is 3.41. The van der Waals surface area contributed by atoms with Crippen molar-refractivity contribution in [2.75, 3.05) is 0 Å². The summed E-state index contributed by atoms with van der Waals surface area (Å²) < 4.78 is 61.8. The molecule has 6 aromatic rings. The largest absolute Gasteiger partial charge is 0.268 e. The van der Waals surface area contributed by atoms with Crippen molar-refractivity contribution in [3.8, 4) is 0 Å². The van der Waals surface area contributed by atoms with Crippen molar-refractivity contribution in [3.63, 3.8) is 0 Å². The van der Waals surface area contributed by atoms with Crippen molar-refractivity contribution in [1.29, 1.82) is 0 Å². The number of hydrogen-bond acceptors (Lipinski definition) is 3. The van der Waals surface area contributed by atoms with Gasteiger partial charge in [0.2, 0.25) is 0 Å². The van der Waals surface area contributed by atoms with Crippen LogP contribution in [0, 0.1) is 5.82 Å². The fraction of sp³-hybridized carbons (Fsp3) is 0.158. The third-order valence-corrected chi connectivity index (χ3v) is 13.8. The van der Waals surface area contributed by atoms with E-state index in [0.29, 0.717) is 33.9 Å². The molecule has 1 N–H and O–H groups in total. The second-order valence-corrected chi connectivity index (χ2v) is 18.2. The third-order valence-electron chi connectivity index (χ3n) is 7.97. The maximum atomic E-state index is 14.8. The smallest absolute Gasteiger partial charge is 0.242 e. The Labute approximate surface area is 279 Å². The topological polar surface area (TPSA) is 68.2 Å². The van der Waals surface area contributed by atoms with Crippen molar-refractivity contribution < 1.29 is 17.0 Å². The lowest BCUT2D eigenvalue weighted by Gasteiger charge is -2.27. The Hall–Kier alpha value is -3.94. The van der Waals surface area contributed by atoms with E-state index in [9.17, 15) is 17.0 Å². The van der Waals surface area contributed by atoms with Crippen LogP contribution in [-0.4, -0.2) is 21.3 Å². The Morgan fingerprint density at radius 1 is 0.745 bits per heavy atom. The monoisotopic (exact) mass is 682 g/mol. The van der Waals surface area contributed by atoms with Gasteiger partial charge in [0.05, 0.1) is 32.2 Å². The van der Waals surface area contributed by atoms with Gasteiger partial charge in [-0.25, -0.2) is 25.7 Å². The number of fused-ring (bicyclic) bond motifs is 1. The minimum atomic E-state index is -4.10. The van der Waals surface area contributed by atoms with E-state index in [2.05, 4.69) is 29.0 Å². The Morgan fingerprint density at radius 2 is 1.26 bits per heavy atom. The van der Waals surface area contributed by atoms with E-state index in [4.69, 9.17) is 0 Å². The molecule has 6 rings (SSSR count). The molecule has 1 aromatic heterocycles. The number of benzene rings is 5. The first-order valence-corrected chi connectivity index (χ1v) is 19.4. The Bertz CT molecular complexity index is 2080. The number of rotatable bonds is 10. The molecule has 5 aromatic carbocycles. The zero-order valence-corrected chi connectivity index (χ0v) is 28.9. The highest BCUT2D eigenvalue weighted by Crippen LogP contribution is 2.45. The van der Waals surface area contributed by atoms with Crippen LogP contribution in [0.15, 0.2) is 144 Å². The van der Waals surface area contributed by atoms with Crippen molar-refractivity contribution in [1.82, 2.24) is 8.69 Å². The molecule has 1 heterocycles. The molecule has 0 aliphatic heterocycles. The van der Waals surface area contributed by atoms with Gasteiger partial charge in [-0.15, -0.1) is 0 Å². The second kappa shape index (κ2) is 13.7. The summed E-state index contributed by atoms with van der Waals surface area (Å²) in [6.45, 7) is 5.64. The summed E-state index contributed by atoms with van der Waals surface area (Å²) in [6.07, 6.45) is 0.376. The Balaban J connectivity index is 1.70. The maximum Gasteiger partial charge on any atom is 0.268 e. The summed E-state index contributed by atoms with van der Waals surface area (Å²) in [4.78, 5) is 0.168. The zero-order chi connectivity index (χ0) is 33.2. The minimum Gasteiger partial charge on any atom is -0.242 e. The van der Waals surface area contributed by atoms with Crippen LogP contribution < -0.4 is 15.3 Å². The van der Waals surface area contributed by atoms with Gasteiger partial charge in [0.15, 0.2) is 0 Å². The summed E-state index contributed by atoms with van der Waals surface area (Å²) in [5.41, 5.74) is 2.48. The number of aromatic nitrogens is 1. The molecule has 0 aliphatic carbocycles. The van der Waals surface area contributed by atoms with Gasteiger partial charge in [-0.05, 0) is 75.2 Å². The summed E-state index contributed by atoms with van der Waals surface area (Å²) in [5.74, 6) is -0.393. The lowest BCUT2D eigenvalue weighted by molar-refractivity contribution is 0.587. The first kappa shape index (κ1) is 33.0. The first-order valence-electron chi connectivity index (χ1n) is 15.3. The molecule has 0 spiro atoms. The second-order valence-electron chi connectivity index (χ2n) is 12.2. The summed E-state index contributed by atoms with van der Waals surface area (Å²) in [7, 11) is -6.76. The van der Waals surface area contributed by atoms with Crippen LogP contribution in [0.25, 0.3) is 10.9 Å². The number of nitrogens with one attached hydrogen (secondary N) is 1. The molecule has 0 unspecified atom stereocenters. The van der Waals surface area contributed by atoms with Crippen LogP contribution >= 0.6 is 7.92 Å². The van der Waals surface area contributed by atoms with Crippen molar-refractivity contribution in [3.05, 3.63) is 162 Å². The van der Waals surface area contributed by atoms with Gasteiger partial charge < -0.3 is 0 Å². The molecule has 0 saturated carbocycles. The quantitative estimate of drug-likeness (QED) is 0.150. The SMILES string of the molecule is CC(C)(C)[S@@](=O)N[C@@H](c1ccc(F)cc1)c1c(CP(c2ccccc2)c2ccccc2)n(S(=O)(=O)c2ccccc2)c2ccccc12. The third kappa shape index (κ3) is 6.88. The molecule has 2 atom stereocenters. The van der Waals surface area contributed by atoms with E-state index in [1.807, 2.05) is 81.4 Å². The molecule has 0 saturated heterocycles. The minimum absolute atomic E-state index is 0.168. The standard InChI is InChI=1S/C38H36FN2O3PS2/c1-38(2,3)46(42)40-37(28-23-25-29(39)26-24-28)36-33-21-13-14-22-34(33)41(47(43,44)32-19-11-6-12-20-32)35(36)27-45(30-15-7-4-8-16-30)31-17-9-5-10-18-31/h4-26,37,40H,27H2,1-3H3/t37-,46+/m0/s1. The van der Waals surface area contributed by atoms with E-state index in [-0.39, 0.29) is 4.90 Å². The fourth-order valence-electron chi connectivity index (χ4n) is 5.66. The lowest BCUT2D eigenvalue weighted by Crippen LogP contribution is -2.36. The van der Waals surface area contributed by atoms with E-state index < -0.39 is 45.5 Å². The Kier molecular flexibility index (Phi) is 9.58. The van der Waals surface area contributed by atoms with Gasteiger partial charge in [-0.2, -0.15) is 0 Å².